The van der Waals surface area contributed by atoms with Gasteiger partial charge in [0.15, 0.2) is 5.82 Å². The zero-order valence-corrected chi connectivity index (χ0v) is 28.1. The van der Waals surface area contributed by atoms with E-state index in [-0.39, 0.29) is 11.3 Å². The van der Waals surface area contributed by atoms with Crippen molar-refractivity contribution in [1.29, 1.82) is 0 Å². The van der Waals surface area contributed by atoms with Gasteiger partial charge in [-0.3, -0.25) is 4.79 Å². The summed E-state index contributed by atoms with van der Waals surface area (Å²) in [4.78, 5) is 14.9. The minimum Gasteiger partial charge on any atom is -0.262 e. The summed E-state index contributed by atoms with van der Waals surface area (Å²) in [6.07, 6.45) is -4.57. The van der Waals surface area contributed by atoms with Gasteiger partial charge in [0.05, 0.1) is 6.54 Å². The molecule has 0 bridgehead atoms. The number of alkyl halides is 3. The first-order valence-electron chi connectivity index (χ1n) is 16.2. The number of halogens is 3. The molecule has 0 saturated carbocycles. The van der Waals surface area contributed by atoms with Crippen LogP contribution in [-0.2, 0) is 23.3 Å². The van der Waals surface area contributed by atoms with E-state index in [0.29, 0.717) is 17.3 Å². The molecule has 0 spiro atoms. The first-order valence-corrected chi connectivity index (χ1v) is 17.0. The summed E-state index contributed by atoms with van der Waals surface area (Å²) in [5, 5.41) is 18.5. The first-order chi connectivity index (χ1) is 24.8. The highest BCUT2D eigenvalue weighted by atomic mass is 32.1. The van der Waals surface area contributed by atoms with Crippen LogP contribution in [0.1, 0.15) is 34.2 Å². The Labute approximate surface area is 295 Å². The first kappa shape index (κ1) is 33.5. The number of hydrogen-bond donors (Lipinski definition) is 0. The average Bonchev–Trinajstić information content (AvgIpc) is 3.81. The van der Waals surface area contributed by atoms with Crippen LogP contribution in [0.3, 0.4) is 0 Å². The van der Waals surface area contributed by atoms with Crippen LogP contribution in [-0.4, -0.2) is 42.1 Å². The Morgan fingerprint density at radius 3 is 1.78 bits per heavy atom. The molecule has 0 N–H and O–H groups in total. The van der Waals surface area contributed by atoms with Crippen molar-refractivity contribution in [3.05, 3.63) is 172 Å². The second-order valence-electron chi connectivity index (χ2n) is 11.7. The van der Waals surface area contributed by atoms with E-state index in [4.69, 9.17) is 0 Å². The molecule has 254 valence electrons. The monoisotopic (exact) mass is 701 g/mol. The lowest BCUT2D eigenvalue weighted by atomic mass is 9.77. The van der Waals surface area contributed by atoms with E-state index >= 15 is 0 Å². The maximum atomic E-state index is 13.0. The normalized spacial score (nSPS) is 12.3. The maximum Gasteiger partial charge on any atom is 0.473 e. The predicted octanol–water partition coefficient (Wildman–Crippen LogP) is 7.71. The van der Waals surface area contributed by atoms with Crippen molar-refractivity contribution in [2.24, 2.45) is 4.99 Å². The molecule has 0 atom stereocenters. The zero-order chi connectivity index (χ0) is 35.4. The van der Waals surface area contributed by atoms with Crippen molar-refractivity contribution in [3.63, 3.8) is 0 Å². The number of hydrogen-bond acceptors (Lipinski definition) is 6. The molecule has 8 nitrogen and oxygen atoms in total. The summed E-state index contributed by atoms with van der Waals surface area (Å²) in [6, 6.07) is 46.0. The second-order valence-corrected chi connectivity index (χ2v) is 12.7. The smallest absolute Gasteiger partial charge is 0.262 e. The van der Waals surface area contributed by atoms with Gasteiger partial charge in [0.2, 0.25) is 4.80 Å². The molecule has 0 radical (unpaired) electrons. The third-order valence-electron chi connectivity index (χ3n) is 8.53. The largest absolute Gasteiger partial charge is 0.473 e. The molecule has 0 saturated heterocycles. The Bertz CT molecular complexity index is 2240. The molecule has 12 heteroatoms. The van der Waals surface area contributed by atoms with Gasteiger partial charge in [0.25, 0.3) is 0 Å². The van der Waals surface area contributed by atoms with E-state index in [1.54, 1.807) is 0 Å². The number of carbonyl (C=O) groups excluding carboxylic acids is 1. The molecule has 7 rings (SSSR count). The molecule has 0 aliphatic heterocycles. The molecule has 1 amide bonds. The third-order valence-corrected chi connectivity index (χ3v) is 9.62. The summed E-state index contributed by atoms with van der Waals surface area (Å²) in [6.45, 7) is 1.97. The van der Waals surface area contributed by atoms with E-state index < -0.39 is 17.6 Å². The van der Waals surface area contributed by atoms with Gasteiger partial charge in [-0.25, -0.2) is 9.36 Å². The van der Waals surface area contributed by atoms with Crippen LogP contribution >= 0.6 is 11.3 Å². The standard InChI is InChI=1S/C39H30F3N7OS/c1-2-34-45-48(37(51-34)43-36(50)39(40,41)42)26-27-22-24-28(25-23-27)32-20-12-13-21-33(32)35-44-46-47-49(35)38(29-14-6-3-7-15-29,30-16-8-4-9-17-30)31-18-10-5-11-19-31/h3-25H,2,26H2,1H3. The SMILES string of the molecule is CCc1nn(Cc2ccc(-c3ccccc3-c3nnnn3C(c3ccccc3)(c3ccccc3)c3ccccc3)cc2)c(=NC(=O)C(F)(F)F)s1. The maximum absolute atomic E-state index is 13.0. The topological polar surface area (TPSA) is 90.8 Å². The Balaban J connectivity index is 1.32. The van der Waals surface area contributed by atoms with Gasteiger partial charge in [-0.2, -0.15) is 23.3 Å². The van der Waals surface area contributed by atoms with E-state index in [1.807, 2.05) is 115 Å². The van der Waals surface area contributed by atoms with Crippen LogP contribution in [0.4, 0.5) is 13.2 Å². The van der Waals surface area contributed by atoms with Gasteiger partial charge >= 0.3 is 12.1 Å². The highest BCUT2D eigenvalue weighted by molar-refractivity contribution is 7.08. The minimum absolute atomic E-state index is 0.103. The lowest BCUT2D eigenvalue weighted by Crippen LogP contribution is -2.39. The fourth-order valence-electron chi connectivity index (χ4n) is 6.21. The molecule has 0 aliphatic rings. The molecule has 0 fully saturated rings. The van der Waals surface area contributed by atoms with Gasteiger partial charge in [-0.05, 0) is 50.2 Å². The molecule has 5 aromatic carbocycles. The van der Waals surface area contributed by atoms with Crippen molar-refractivity contribution < 1.29 is 18.0 Å². The number of tetrazole rings is 1. The van der Waals surface area contributed by atoms with Crippen molar-refractivity contribution >= 4 is 17.2 Å². The van der Waals surface area contributed by atoms with Gasteiger partial charge in [0.1, 0.15) is 10.5 Å². The Kier molecular flexibility index (Phi) is 9.24. The fraction of sp³-hybridized carbons (Fsp3) is 0.128. The number of aryl methyl sites for hydroxylation is 1. The number of carbonyl (C=O) groups is 1. The summed E-state index contributed by atoms with van der Waals surface area (Å²) in [5.41, 5.74) is 5.33. The summed E-state index contributed by atoms with van der Waals surface area (Å²) in [7, 11) is 0. The molecule has 2 heterocycles. The molecular formula is C39H30F3N7OS. The fourth-order valence-corrected chi connectivity index (χ4v) is 7.04. The van der Waals surface area contributed by atoms with Crippen LogP contribution in [0.2, 0.25) is 0 Å². The summed E-state index contributed by atoms with van der Waals surface area (Å²) < 4.78 is 42.2. The average molecular weight is 702 g/mol. The molecule has 7 aromatic rings. The van der Waals surface area contributed by atoms with Gasteiger partial charge < -0.3 is 0 Å². The number of rotatable bonds is 9. The van der Waals surface area contributed by atoms with E-state index in [0.717, 1.165) is 50.3 Å². The number of nitrogens with zero attached hydrogens (tertiary/aromatic N) is 7. The van der Waals surface area contributed by atoms with Gasteiger partial charge in [-0.15, -0.1) is 5.10 Å². The molecule has 2 aromatic heterocycles. The highest BCUT2D eigenvalue weighted by Crippen LogP contribution is 2.43. The number of amides is 1. The van der Waals surface area contributed by atoms with Crippen LogP contribution in [0.5, 0.6) is 0 Å². The van der Waals surface area contributed by atoms with Crippen molar-refractivity contribution in [2.75, 3.05) is 0 Å². The molecule has 0 unspecified atom stereocenters. The van der Waals surface area contributed by atoms with E-state index in [9.17, 15) is 18.0 Å². The van der Waals surface area contributed by atoms with E-state index in [1.165, 1.54) is 4.68 Å². The molecular weight excluding hydrogens is 672 g/mol. The molecule has 51 heavy (non-hydrogen) atoms. The number of benzene rings is 5. The Morgan fingerprint density at radius 2 is 1.25 bits per heavy atom. The second kappa shape index (κ2) is 14.1. The van der Waals surface area contributed by atoms with Crippen molar-refractivity contribution in [3.8, 4) is 22.5 Å². The van der Waals surface area contributed by atoms with Crippen molar-refractivity contribution in [1.82, 2.24) is 30.0 Å². The minimum atomic E-state index is -5.06. The Morgan fingerprint density at radius 1 is 0.725 bits per heavy atom. The lowest BCUT2D eigenvalue weighted by molar-refractivity contribution is -0.169. The van der Waals surface area contributed by atoms with Crippen LogP contribution in [0, 0.1) is 0 Å². The summed E-state index contributed by atoms with van der Waals surface area (Å²) in [5.74, 6) is -1.61. The van der Waals surface area contributed by atoms with Gasteiger partial charge in [0, 0.05) is 5.56 Å². The third kappa shape index (κ3) is 6.53. The Hall–Kier alpha value is -6.01. The predicted molar refractivity (Wildman–Crippen MR) is 189 cm³/mol. The van der Waals surface area contributed by atoms with Gasteiger partial charge in [-0.1, -0.05) is 158 Å². The highest BCUT2D eigenvalue weighted by Gasteiger charge is 2.42. The quantitative estimate of drug-likeness (QED) is 0.144. The van der Waals surface area contributed by atoms with Crippen LogP contribution < -0.4 is 4.80 Å². The van der Waals surface area contributed by atoms with Crippen LogP contribution in [0.25, 0.3) is 22.5 Å². The zero-order valence-electron chi connectivity index (χ0n) is 27.3. The molecule has 0 aliphatic carbocycles. The van der Waals surface area contributed by atoms with Crippen LogP contribution in [0.15, 0.2) is 145 Å². The van der Waals surface area contributed by atoms with Crippen molar-refractivity contribution in [2.45, 2.75) is 31.6 Å². The lowest BCUT2D eigenvalue weighted by Gasteiger charge is -2.36. The van der Waals surface area contributed by atoms with E-state index in [2.05, 4.69) is 62.0 Å². The summed E-state index contributed by atoms with van der Waals surface area (Å²) >= 11 is 0.965. The number of aromatic nitrogens is 6.